The van der Waals surface area contributed by atoms with Gasteiger partial charge in [0.25, 0.3) is 0 Å². The van der Waals surface area contributed by atoms with Crippen molar-refractivity contribution in [1.29, 1.82) is 0 Å². The predicted molar refractivity (Wildman–Crippen MR) is 74.8 cm³/mol. The van der Waals surface area contributed by atoms with Crippen LogP contribution in [0.1, 0.15) is 5.56 Å². The molecule has 2 rings (SSSR count). The Balaban J connectivity index is 2.02. The Morgan fingerprint density at radius 3 is 2.37 bits per heavy atom. The minimum atomic E-state index is -0.0252. The van der Waals surface area contributed by atoms with Gasteiger partial charge in [-0.15, -0.1) is 0 Å². The molecule has 4 heteroatoms. The molecular weight excluding hydrogens is 264 g/mol. The van der Waals surface area contributed by atoms with E-state index in [1.54, 1.807) is 0 Å². The van der Waals surface area contributed by atoms with Crippen LogP contribution in [0.4, 0.5) is 0 Å². The fourth-order valence-electron chi connectivity index (χ4n) is 1.63. The highest BCUT2D eigenvalue weighted by Gasteiger charge is 2.04. The Kier molecular flexibility index (Phi) is 5.07. The number of rotatable bonds is 6. The van der Waals surface area contributed by atoms with Gasteiger partial charge in [-0.25, -0.2) is 0 Å². The zero-order chi connectivity index (χ0) is 13.5. The number of hydrogen-bond acceptors (Lipinski definition) is 3. The van der Waals surface area contributed by atoms with Crippen LogP contribution in [0.25, 0.3) is 0 Å². The van der Waals surface area contributed by atoms with E-state index < -0.39 is 0 Å². The number of hydrogen-bond donors (Lipinski definition) is 1. The van der Waals surface area contributed by atoms with Crippen molar-refractivity contribution in [3.05, 3.63) is 59.1 Å². The Bertz CT molecular complexity index is 528. The van der Waals surface area contributed by atoms with E-state index in [4.69, 9.17) is 26.2 Å². The molecule has 0 amide bonds. The molecule has 0 unspecified atom stereocenters. The van der Waals surface area contributed by atoms with Gasteiger partial charge in [-0.1, -0.05) is 35.9 Å². The summed E-state index contributed by atoms with van der Waals surface area (Å²) in [4.78, 5) is 0. The van der Waals surface area contributed by atoms with Gasteiger partial charge in [-0.05, 0) is 29.8 Å². The number of halogens is 1. The van der Waals surface area contributed by atoms with Crippen LogP contribution < -0.4 is 9.47 Å². The Morgan fingerprint density at radius 1 is 0.947 bits per heavy atom. The molecule has 100 valence electrons. The van der Waals surface area contributed by atoms with Crippen molar-refractivity contribution >= 4 is 11.6 Å². The zero-order valence-corrected chi connectivity index (χ0v) is 11.1. The summed E-state index contributed by atoms with van der Waals surface area (Å²) >= 11 is 5.92. The summed E-state index contributed by atoms with van der Waals surface area (Å²) in [5.74, 6) is 1.27. The molecule has 1 N–H and O–H groups in total. The van der Waals surface area contributed by atoms with E-state index in [9.17, 15) is 0 Å². The van der Waals surface area contributed by atoms with Gasteiger partial charge in [-0.2, -0.15) is 0 Å². The van der Waals surface area contributed by atoms with Gasteiger partial charge in [-0.3, -0.25) is 0 Å². The van der Waals surface area contributed by atoms with E-state index in [0.29, 0.717) is 23.1 Å². The van der Waals surface area contributed by atoms with Gasteiger partial charge < -0.3 is 14.6 Å². The van der Waals surface area contributed by atoms with E-state index >= 15 is 0 Å². The first-order chi connectivity index (χ1) is 9.29. The molecule has 0 radical (unpaired) electrons. The van der Waals surface area contributed by atoms with Crippen molar-refractivity contribution in [2.75, 3.05) is 13.2 Å². The zero-order valence-electron chi connectivity index (χ0n) is 10.4. The van der Waals surface area contributed by atoms with Crippen LogP contribution in [-0.2, 0) is 6.61 Å². The molecule has 19 heavy (non-hydrogen) atoms. The van der Waals surface area contributed by atoms with Gasteiger partial charge >= 0.3 is 0 Å². The Morgan fingerprint density at radius 2 is 1.68 bits per heavy atom. The third kappa shape index (κ3) is 4.16. The third-order valence-electron chi connectivity index (χ3n) is 2.48. The maximum Gasteiger partial charge on any atom is 0.161 e. The monoisotopic (exact) mass is 278 g/mol. The normalized spacial score (nSPS) is 10.2. The smallest absolute Gasteiger partial charge is 0.161 e. The van der Waals surface area contributed by atoms with Gasteiger partial charge in [0.15, 0.2) is 11.5 Å². The van der Waals surface area contributed by atoms with Crippen LogP contribution in [-0.4, -0.2) is 18.3 Å². The summed E-state index contributed by atoms with van der Waals surface area (Å²) in [5, 5.41) is 9.46. The largest absolute Gasteiger partial charge is 0.487 e. The first-order valence-corrected chi connectivity index (χ1v) is 6.37. The lowest BCUT2D eigenvalue weighted by molar-refractivity contribution is 0.192. The van der Waals surface area contributed by atoms with Crippen molar-refractivity contribution in [1.82, 2.24) is 0 Å². The van der Waals surface area contributed by atoms with Crippen LogP contribution in [0, 0.1) is 0 Å². The summed E-state index contributed by atoms with van der Waals surface area (Å²) in [6, 6.07) is 14.9. The van der Waals surface area contributed by atoms with Crippen LogP contribution >= 0.6 is 11.6 Å². The topological polar surface area (TPSA) is 38.7 Å². The van der Waals surface area contributed by atoms with Crippen molar-refractivity contribution in [3.8, 4) is 11.5 Å². The standard InChI is InChI=1S/C15H15ClO3/c16-13-5-3-4-12(10-13)11-19-15-7-2-1-6-14(15)18-9-8-17/h1-7,10,17H,8-9,11H2. The quantitative estimate of drug-likeness (QED) is 0.881. The molecule has 0 aromatic heterocycles. The van der Waals surface area contributed by atoms with Crippen molar-refractivity contribution in [2.24, 2.45) is 0 Å². The molecule has 0 aliphatic heterocycles. The number of ether oxygens (including phenoxy) is 2. The summed E-state index contributed by atoms with van der Waals surface area (Å²) in [5.41, 5.74) is 0.990. The van der Waals surface area contributed by atoms with E-state index in [2.05, 4.69) is 0 Å². The number of aliphatic hydroxyl groups is 1. The highest BCUT2D eigenvalue weighted by atomic mass is 35.5. The molecule has 2 aromatic rings. The maximum atomic E-state index is 8.78. The Hall–Kier alpha value is -1.71. The average molecular weight is 279 g/mol. The summed E-state index contributed by atoms with van der Waals surface area (Å²) in [7, 11) is 0. The summed E-state index contributed by atoms with van der Waals surface area (Å²) in [6.07, 6.45) is 0. The van der Waals surface area contributed by atoms with Crippen molar-refractivity contribution in [3.63, 3.8) is 0 Å². The highest BCUT2D eigenvalue weighted by molar-refractivity contribution is 6.30. The second-order valence-corrected chi connectivity index (χ2v) is 4.37. The van der Waals surface area contributed by atoms with E-state index in [0.717, 1.165) is 5.56 Å². The molecule has 0 heterocycles. The lowest BCUT2D eigenvalue weighted by Crippen LogP contribution is -2.04. The van der Waals surface area contributed by atoms with Crippen molar-refractivity contribution in [2.45, 2.75) is 6.61 Å². The van der Waals surface area contributed by atoms with E-state index in [1.807, 2.05) is 48.5 Å². The maximum absolute atomic E-state index is 8.78. The second kappa shape index (κ2) is 7.02. The van der Waals surface area contributed by atoms with Gasteiger partial charge in [0.05, 0.1) is 6.61 Å². The molecule has 0 fully saturated rings. The lowest BCUT2D eigenvalue weighted by atomic mass is 10.2. The first kappa shape index (κ1) is 13.7. The SMILES string of the molecule is OCCOc1ccccc1OCc1cccc(Cl)c1. The molecule has 2 aromatic carbocycles. The number of aliphatic hydroxyl groups excluding tert-OH is 1. The molecular formula is C15H15ClO3. The summed E-state index contributed by atoms with van der Waals surface area (Å²) in [6.45, 7) is 0.639. The lowest BCUT2D eigenvalue weighted by Gasteiger charge is -2.12. The Labute approximate surface area is 117 Å². The third-order valence-corrected chi connectivity index (χ3v) is 2.72. The van der Waals surface area contributed by atoms with Crippen molar-refractivity contribution < 1.29 is 14.6 Å². The van der Waals surface area contributed by atoms with Crippen LogP contribution in [0.3, 0.4) is 0 Å². The molecule has 0 spiro atoms. The van der Waals surface area contributed by atoms with Gasteiger partial charge in [0.1, 0.15) is 13.2 Å². The molecule has 0 saturated carbocycles. The molecule has 0 aliphatic carbocycles. The molecule has 0 bridgehead atoms. The molecule has 0 aliphatic rings. The number of benzene rings is 2. The van der Waals surface area contributed by atoms with Gasteiger partial charge in [0, 0.05) is 5.02 Å². The fourth-order valence-corrected chi connectivity index (χ4v) is 1.84. The van der Waals surface area contributed by atoms with E-state index in [1.165, 1.54) is 0 Å². The number of para-hydroxylation sites is 2. The molecule has 0 atom stereocenters. The first-order valence-electron chi connectivity index (χ1n) is 5.99. The predicted octanol–water partition coefficient (Wildman–Crippen LogP) is 3.29. The van der Waals surface area contributed by atoms with Crippen LogP contribution in [0.15, 0.2) is 48.5 Å². The second-order valence-electron chi connectivity index (χ2n) is 3.94. The average Bonchev–Trinajstić information content (AvgIpc) is 2.44. The fraction of sp³-hybridized carbons (Fsp3) is 0.200. The van der Waals surface area contributed by atoms with Crippen LogP contribution in [0.5, 0.6) is 11.5 Å². The molecule has 3 nitrogen and oxygen atoms in total. The minimum Gasteiger partial charge on any atom is -0.487 e. The summed E-state index contributed by atoms with van der Waals surface area (Å²) < 4.78 is 11.1. The van der Waals surface area contributed by atoms with E-state index in [-0.39, 0.29) is 13.2 Å². The van der Waals surface area contributed by atoms with Crippen LogP contribution in [0.2, 0.25) is 5.02 Å². The molecule has 0 saturated heterocycles. The highest BCUT2D eigenvalue weighted by Crippen LogP contribution is 2.27. The van der Waals surface area contributed by atoms with Gasteiger partial charge in [0.2, 0.25) is 0 Å². The minimum absolute atomic E-state index is 0.0252.